The summed E-state index contributed by atoms with van der Waals surface area (Å²) in [6.45, 7) is 10.6. The van der Waals surface area contributed by atoms with Gasteiger partial charge < -0.3 is 25.0 Å². The van der Waals surface area contributed by atoms with Crippen LogP contribution in [0.5, 0.6) is 11.5 Å². The Morgan fingerprint density at radius 1 is 1.11 bits per heavy atom. The average molecular weight is 492 g/mol. The molecule has 27 heavy (non-hydrogen) atoms. The van der Waals surface area contributed by atoms with Crippen molar-refractivity contribution in [1.29, 1.82) is 0 Å². The Morgan fingerprint density at radius 3 is 2.37 bits per heavy atom. The number of halogens is 1. The van der Waals surface area contributed by atoms with Crippen LogP contribution in [0.4, 0.5) is 0 Å². The molecule has 0 aliphatic carbocycles. The van der Waals surface area contributed by atoms with Gasteiger partial charge in [0.1, 0.15) is 18.1 Å². The molecule has 1 aromatic carbocycles. The van der Waals surface area contributed by atoms with Gasteiger partial charge in [-0.05, 0) is 71.5 Å². The summed E-state index contributed by atoms with van der Waals surface area (Å²) in [5.74, 6) is 2.52. The molecule has 7 heteroatoms. The molecule has 0 fully saturated rings. The highest BCUT2D eigenvalue weighted by atomic mass is 127. The number of benzene rings is 1. The Morgan fingerprint density at radius 2 is 1.78 bits per heavy atom. The van der Waals surface area contributed by atoms with Gasteiger partial charge in [0.05, 0.1) is 13.7 Å². The van der Waals surface area contributed by atoms with E-state index in [2.05, 4.69) is 48.3 Å². The van der Waals surface area contributed by atoms with Gasteiger partial charge in [0.25, 0.3) is 0 Å². The van der Waals surface area contributed by atoms with Crippen LogP contribution in [0, 0.1) is 0 Å². The molecule has 2 N–H and O–H groups in total. The van der Waals surface area contributed by atoms with Crippen molar-refractivity contribution in [3.8, 4) is 11.5 Å². The Hall–Kier alpha value is -1.22. The first kappa shape index (κ1) is 25.8. The van der Waals surface area contributed by atoms with Crippen LogP contribution in [0.1, 0.15) is 33.6 Å². The lowest BCUT2D eigenvalue weighted by Gasteiger charge is -2.20. The van der Waals surface area contributed by atoms with E-state index in [0.29, 0.717) is 19.2 Å². The fraction of sp³-hybridized carbons (Fsp3) is 0.650. The van der Waals surface area contributed by atoms with E-state index in [1.165, 1.54) is 0 Å². The minimum Gasteiger partial charge on any atom is -0.497 e. The van der Waals surface area contributed by atoms with Crippen LogP contribution in [0.25, 0.3) is 0 Å². The molecule has 1 rings (SSSR count). The van der Waals surface area contributed by atoms with Gasteiger partial charge in [0.15, 0.2) is 5.96 Å². The van der Waals surface area contributed by atoms with Gasteiger partial charge in [-0.2, -0.15) is 0 Å². The van der Waals surface area contributed by atoms with Crippen LogP contribution in [0.3, 0.4) is 0 Å². The number of methoxy groups -OCH3 is 1. The van der Waals surface area contributed by atoms with Crippen LogP contribution in [-0.2, 0) is 0 Å². The molecule has 0 saturated carbocycles. The Balaban J connectivity index is 0.00000676. The molecule has 0 aliphatic rings. The van der Waals surface area contributed by atoms with Crippen LogP contribution >= 0.6 is 24.0 Å². The third-order valence-corrected chi connectivity index (χ3v) is 4.14. The molecule has 0 spiro atoms. The number of ether oxygens (including phenoxy) is 2. The predicted molar refractivity (Wildman–Crippen MR) is 125 cm³/mol. The Labute approximate surface area is 182 Å². The highest BCUT2D eigenvalue weighted by Gasteiger charge is 2.02. The summed E-state index contributed by atoms with van der Waals surface area (Å²) in [5.41, 5.74) is 0. The van der Waals surface area contributed by atoms with E-state index >= 15 is 0 Å². The van der Waals surface area contributed by atoms with Gasteiger partial charge in [0.2, 0.25) is 0 Å². The number of guanidine groups is 1. The summed E-state index contributed by atoms with van der Waals surface area (Å²) in [5, 5.41) is 6.58. The number of unbranched alkanes of at least 4 members (excludes halogenated alkanes) is 1. The molecule has 0 saturated heterocycles. The summed E-state index contributed by atoms with van der Waals surface area (Å²) in [6.07, 6.45) is 2.26. The third-order valence-electron chi connectivity index (χ3n) is 4.14. The molecule has 1 aromatic rings. The molecular weight excluding hydrogens is 455 g/mol. The van der Waals surface area contributed by atoms with E-state index in [0.717, 1.165) is 49.9 Å². The number of rotatable bonds is 12. The van der Waals surface area contributed by atoms with Gasteiger partial charge in [-0.3, -0.25) is 4.99 Å². The fourth-order valence-corrected chi connectivity index (χ4v) is 2.27. The van der Waals surface area contributed by atoms with Crippen molar-refractivity contribution in [2.75, 3.05) is 46.9 Å². The van der Waals surface area contributed by atoms with Crippen molar-refractivity contribution in [3.05, 3.63) is 24.3 Å². The first-order valence-electron chi connectivity index (χ1n) is 9.56. The normalized spacial score (nSPS) is 11.3. The lowest BCUT2D eigenvalue weighted by Crippen LogP contribution is -2.39. The quantitative estimate of drug-likeness (QED) is 0.203. The van der Waals surface area contributed by atoms with Crippen molar-refractivity contribution in [1.82, 2.24) is 15.5 Å². The zero-order valence-electron chi connectivity index (χ0n) is 17.5. The van der Waals surface area contributed by atoms with Gasteiger partial charge >= 0.3 is 0 Å². The number of aliphatic imine (C=N–C) groups is 1. The second-order valence-electron chi connectivity index (χ2n) is 6.49. The molecule has 0 heterocycles. The molecule has 0 aromatic heterocycles. The number of hydrogen-bond donors (Lipinski definition) is 2. The standard InChI is InChI=1S/C20H36N4O2.HI/c1-6-21-20(22-13-7-8-15-24(4)17(2)3)23-14-16-26-19-11-9-18(25-5)10-12-19;/h9-12,17H,6-8,13-16H2,1-5H3,(H2,21,22,23);1H. The maximum absolute atomic E-state index is 5.72. The van der Waals surface area contributed by atoms with Crippen molar-refractivity contribution < 1.29 is 9.47 Å². The maximum atomic E-state index is 5.72. The minimum atomic E-state index is 0. The van der Waals surface area contributed by atoms with Crippen molar-refractivity contribution >= 4 is 29.9 Å². The molecule has 0 amide bonds. The number of hydrogen-bond acceptors (Lipinski definition) is 4. The first-order chi connectivity index (χ1) is 12.6. The Bertz CT molecular complexity index is 509. The highest BCUT2D eigenvalue weighted by Crippen LogP contribution is 2.16. The van der Waals surface area contributed by atoms with Crippen LogP contribution in [0.2, 0.25) is 0 Å². The molecule has 0 atom stereocenters. The van der Waals surface area contributed by atoms with Gasteiger partial charge in [-0.1, -0.05) is 0 Å². The van der Waals surface area contributed by atoms with E-state index < -0.39 is 0 Å². The van der Waals surface area contributed by atoms with Crippen LogP contribution in [0.15, 0.2) is 29.3 Å². The summed E-state index contributed by atoms with van der Waals surface area (Å²) in [6, 6.07) is 8.21. The highest BCUT2D eigenvalue weighted by molar-refractivity contribution is 14.0. The van der Waals surface area contributed by atoms with Gasteiger partial charge in [-0.15, -0.1) is 24.0 Å². The summed E-state index contributed by atoms with van der Waals surface area (Å²) in [7, 11) is 3.83. The predicted octanol–water partition coefficient (Wildman–Crippen LogP) is 3.37. The molecule has 0 radical (unpaired) electrons. The summed E-state index contributed by atoms with van der Waals surface area (Å²) in [4.78, 5) is 6.99. The number of nitrogens with one attached hydrogen (secondary N) is 2. The third kappa shape index (κ3) is 12.0. The fourth-order valence-electron chi connectivity index (χ4n) is 2.27. The second kappa shape index (κ2) is 15.8. The molecule has 6 nitrogen and oxygen atoms in total. The van der Waals surface area contributed by atoms with E-state index in [1.54, 1.807) is 7.11 Å². The summed E-state index contributed by atoms with van der Waals surface area (Å²) < 4.78 is 10.9. The molecular formula is C20H37IN4O2. The average Bonchev–Trinajstić information content (AvgIpc) is 2.64. The topological polar surface area (TPSA) is 58.1 Å². The SMILES string of the molecule is CCNC(=NCCCCN(C)C(C)C)NCCOc1ccc(OC)cc1.I. The molecule has 156 valence electrons. The monoisotopic (exact) mass is 492 g/mol. The largest absolute Gasteiger partial charge is 0.497 e. The minimum absolute atomic E-state index is 0. The first-order valence-corrected chi connectivity index (χ1v) is 9.56. The van der Waals surface area contributed by atoms with Crippen molar-refractivity contribution in [3.63, 3.8) is 0 Å². The molecule has 0 unspecified atom stereocenters. The van der Waals surface area contributed by atoms with Crippen molar-refractivity contribution in [2.45, 2.75) is 39.7 Å². The van der Waals surface area contributed by atoms with E-state index in [4.69, 9.17) is 9.47 Å². The number of nitrogens with zero attached hydrogens (tertiary/aromatic N) is 2. The van der Waals surface area contributed by atoms with Gasteiger partial charge in [-0.25, -0.2) is 0 Å². The zero-order valence-corrected chi connectivity index (χ0v) is 19.8. The lowest BCUT2D eigenvalue weighted by atomic mass is 10.2. The Kier molecular flexibility index (Phi) is 15.1. The molecule has 0 aliphatic heterocycles. The zero-order chi connectivity index (χ0) is 19.2. The molecule has 0 bridgehead atoms. The van der Waals surface area contributed by atoms with E-state index in [9.17, 15) is 0 Å². The van der Waals surface area contributed by atoms with Crippen molar-refractivity contribution in [2.24, 2.45) is 4.99 Å². The summed E-state index contributed by atoms with van der Waals surface area (Å²) >= 11 is 0. The van der Waals surface area contributed by atoms with E-state index in [-0.39, 0.29) is 24.0 Å². The smallest absolute Gasteiger partial charge is 0.191 e. The van der Waals surface area contributed by atoms with Crippen LogP contribution < -0.4 is 20.1 Å². The second-order valence-corrected chi connectivity index (χ2v) is 6.49. The van der Waals surface area contributed by atoms with Gasteiger partial charge in [0, 0.05) is 19.1 Å². The lowest BCUT2D eigenvalue weighted by molar-refractivity contribution is 0.269. The maximum Gasteiger partial charge on any atom is 0.191 e. The van der Waals surface area contributed by atoms with E-state index in [1.807, 2.05) is 24.3 Å². The van der Waals surface area contributed by atoms with Crippen LogP contribution in [-0.4, -0.2) is 63.8 Å².